The van der Waals surface area contributed by atoms with E-state index in [1.165, 1.54) is 64.5 Å². The van der Waals surface area contributed by atoms with E-state index < -0.39 is 0 Å². The fourth-order valence-corrected chi connectivity index (χ4v) is 6.11. The summed E-state index contributed by atoms with van der Waals surface area (Å²) >= 11 is 0. The Morgan fingerprint density at radius 1 is 0.868 bits per heavy atom. The van der Waals surface area contributed by atoms with Crippen LogP contribution in [0.4, 0.5) is 0 Å². The molecule has 6 heteroatoms. The molecule has 1 aromatic carbocycles. The first-order chi connectivity index (χ1) is 18.4. The van der Waals surface area contributed by atoms with Crippen molar-refractivity contribution >= 4 is 0 Å². The predicted octanol–water partition coefficient (Wildman–Crippen LogP) is 6.15. The van der Waals surface area contributed by atoms with Gasteiger partial charge in [0.25, 0.3) is 0 Å². The highest BCUT2D eigenvalue weighted by molar-refractivity contribution is 5.46. The van der Waals surface area contributed by atoms with Crippen LogP contribution in [0.25, 0.3) is 0 Å². The van der Waals surface area contributed by atoms with Crippen LogP contribution in [0.3, 0.4) is 0 Å². The molecule has 220 valence electrons. The third kappa shape index (κ3) is 11.0. The van der Waals surface area contributed by atoms with Crippen LogP contribution in [-0.4, -0.2) is 75.5 Å². The van der Waals surface area contributed by atoms with Gasteiger partial charge in [-0.2, -0.15) is 0 Å². The number of nitrogens with one attached hydrogen (secondary N) is 2. The highest BCUT2D eigenvalue weighted by Gasteiger charge is 2.35. The second kappa shape index (κ2) is 18.1. The zero-order valence-electron chi connectivity index (χ0n) is 25.9. The first kappa shape index (κ1) is 32.9. The van der Waals surface area contributed by atoms with Crippen molar-refractivity contribution < 1.29 is 9.47 Å². The van der Waals surface area contributed by atoms with Crippen molar-refractivity contribution in [1.29, 1.82) is 0 Å². The molecule has 0 amide bonds. The normalized spacial score (nSPS) is 20.4. The average Bonchev–Trinajstić information content (AvgIpc) is 2.92. The monoisotopic (exact) mass is 532 g/mol. The van der Waals surface area contributed by atoms with Gasteiger partial charge in [0.05, 0.1) is 20.9 Å². The van der Waals surface area contributed by atoms with Crippen LogP contribution in [-0.2, 0) is 6.54 Å². The van der Waals surface area contributed by atoms with E-state index in [9.17, 15) is 0 Å². The maximum absolute atomic E-state index is 5.60. The van der Waals surface area contributed by atoms with Gasteiger partial charge in [-0.05, 0) is 37.7 Å². The zero-order valence-corrected chi connectivity index (χ0v) is 25.9. The molecule has 2 N–H and O–H groups in total. The van der Waals surface area contributed by atoms with E-state index in [2.05, 4.69) is 61.1 Å². The van der Waals surface area contributed by atoms with Crippen molar-refractivity contribution in [3.8, 4) is 11.5 Å². The van der Waals surface area contributed by atoms with Gasteiger partial charge in [-0.15, -0.1) is 0 Å². The van der Waals surface area contributed by atoms with Crippen LogP contribution in [0, 0.1) is 11.8 Å². The van der Waals surface area contributed by atoms with Gasteiger partial charge >= 0.3 is 0 Å². The standard InChI is InChI=1S/C32H60N4O2/c1-8-12-15-27(10-3)22-35-24-32(5,25-36(26-35)23-28(11-4)16-13-9-2)34-20-19-33-21-29-17-14-18-30(37-6)31(29)38-7/h14,17-18,27-28,33-34H,8-13,15-16,19-26H2,1-7H3. The van der Waals surface area contributed by atoms with Crippen LogP contribution in [0.1, 0.15) is 91.5 Å². The maximum Gasteiger partial charge on any atom is 0.165 e. The summed E-state index contributed by atoms with van der Waals surface area (Å²) in [7, 11) is 3.40. The summed E-state index contributed by atoms with van der Waals surface area (Å²) in [5, 5.41) is 7.57. The Morgan fingerprint density at radius 2 is 1.47 bits per heavy atom. The van der Waals surface area contributed by atoms with Crippen LogP contribution in [0.5, 0.6) is 11.5 Å². The molecule has 1 fully saturated rings. The van der Waals surface area contributed by atoms with Gasteiger partial charge in [0.2, 0.25) is 0 Å². The minimum absolute atomic E-state index is 0.0969. The first-order valence-corrected chi connectivity index (χ1v) is 15.5. The van der Waals surface area contributed by atoms with Gasteiger partial charge < -0.3 is 20.1 Å². The fourth-order valence-electron chi connectivity index (χ4n) is 6.11. The third-order valence-corrected chi connectivity index (χ3v) is 8.32. The van der Waals surface area contributed by atoms with E-state index in [1.54, 1.807) is 14.2 Å². The minimum Gasteiger partial charge on any atom is -0.493 e. The molecule has 1 aromatic rings. The minimum atomic E-state index is 0.0969. The van der Waals surface area contributed by atoms with E-state index in [-0.39, 0.29) is 5.54 Å². The van der Waals surface area contributed by atoms with Gasteiger partial charge in [-0.25, -0.2) is 0 Å². The maximum atomic E-state index is 5.60. The Bertz CT molecular complexity index is 733. The Labute approximate surface area is 235 Å². The third-order valence-electron chi connectivity index (χ3n) is 8.32. The lowest BCUT2D eigenvalue weighted by molar-refractivity contribution is 0.00519. The van der Waals surface area contributed by atoms with Crippen molar-refractivity contribution in [2.75, 3.05) is 60.2 Å². The van der Waals surface area contributed by atoms with Crippen molar-refractivity contribution in [3.05, 3.63) is 23.8 Å². The number of rotatable bonds is 20. The van der Waals surface area contributed by atoms with E-state index in [0.717, 1.165) is 68.3 Å². The molecule has 0 aliphatic carbocycles. The number of unbranched alkanes of at least 4 members (excludes halogenated alkanes) is 2. The van der Waals surface area contributed by atoms with Crippen molar-refractivity contribution in [2.24, 2.45) is 11.8 Å². The number of para-hydroxylation sites is 1. The quantitative estimate of drug-likeness (QED) is 0.197. The number of methoxy groups -OCH3 is 2. The first-order valence-electron chi connectivity index (χ1n) is 15.5. The molecule has 0 radical (unpaired) electrons. The summed E-state index contributed by atoms with van der Waals surface area (Å²) in [4.78, 5) is 5.50. The van der Waals surface area contributed by atoms with Crippen molar-refractivity contribution in [3.63, 3.8) is 0 Å². The summed E-state index contributed by atoms with van der Waals surface area (Å²) in [6, 6.07) is 6.07. The summed E-state index contributed by atoms with van der Waals surface area (Å²) in [6.07, 6.45) is 10.6. The van der Waals surface area contributed by atoms with Gasteiger partial charge in [0.15, 0.2) is 11.5 Å². The molecule has 2 rings (SSSR count). The van der Waals surface area contributed by atoms with E-state index in [4.69, 9.17) is 9.47 Å². The van der Waals surface area contributed by atoms with E-state index in [0.29, 0.717) is 0 Å². The lowest BCUT2D eigenvalue weighted by atomic mass is 9.93. The Balaban J connectivity index is 1.97. The molecule has 0 bridgehead atoms. The van der Waals surface area contributed by atoms with E-state index >= 15 is 0 Å². The summed E-state index contributed by atoms with van der Waals surface area (Å²) in [6.45, 7) is 20.3. The van der Waals surface area contributed by atoms with Gasteiger partial charge in [-0.3, -0.25) is 9.80 Å². The molecular formula is C32H60N4O2. The molecule has 0 aromatic heterocycles. The largest absolute Gasteiger partial charge is 0.493 e. The number of hydrogen-bond donors (Lipinski definition) is 2. The van der Waals surface area contributed by atoms with Gasteiger partial charge in [0, 0.05) is 56.9 Å². The average molecular weight is 533 g/mol. The zero-order chi connectivity index (χ0) is 27.8. The summed E-state index contributed by atoms with van der Waals surface area (Å²) in [5.41, 5.74) is 1.23. The molecule has 1 saturated heterocycles. The molecule has 0 spiro atoms. The topological polar surface area (TPSA) is 49.0 Å². The summed E-state index contributed by atoms with van der Waals surface area (Å²) < 4.78 is 11.1. The lowest BCUT2D eigenvalue weighted by Gasteiger charge is -2.48. The van der Waals surface area contributed by atoms with Gasteiger partial charge in [0.1, 0.15) is 0 Å². The molecular weight excluding hydrogens is 472 g/mol. The Hall–Kier alpha value is -1.34. The second-order valence-corrected chi connectivity index (χ2v) is 11.8. The highest BCUT2D eigenvalue weighted by atomic mass is 16.5. The number of benzene rings is 1. The summed E-state index contributed by atoms with van der Waals surface area (Å²) in [5.74, 6) is 3.22. The smallest absolute Gasteiger partial charge is 0.165 e. The Kier molecular flexibility index (Phi) is 15.6. The lowest BCUT2D eigenvalue weighted by Crippen LogP contribution is -2.65. The molecule has 1 aliphatic heterocycles. The number of nitrogens with zero attached hydrogens (tertiary/aromatic N) is 2. The van der Waals surface area contributed by atoms with Crippen molar-refractivity contribution in [2.45, 2.75) is 98.1 Å². The number of hydrogen-bond acceptors (Lipinski definition) is 6. The van der Waals surface area contributed by atoms with Crippen LogP contribution >= 0.6 is 0 Å². The van der Waals surface area contributed by atoms with Crippen LogP contribution < -0.4 is 20.1 Å². The molecule has 6 nitrogen and oxygen atoms in total. The second-order valence-electron chi connectivity index (χ2n) is 11.8. The van der Waals surface area contributed by atoms with Crippen LogP contribution in [0.15, 0.2) is 18.2 Å². The van der Waals surface area contributed by atoms with Crippen LogP contribution in [0.2, 0.25) is 0 Å². The Morgan fingerprint density at radius 3 is 1.97 bits per heavy atom. The van der Waals surface area contributed by atoms with Crippen molar-refractivity contribution in [1.82, 2.24) is 20.4 Å². The molecule has 0 saturated carbocycles. The molecule has 1 aliphatic rings. The fraction of sp³-hybridized carbons (Fsp3) is 0.812. The molecule has 2 atom stereocenters. The molecule has 2 unspecified atom stereocenters. The molecule has 1 heterocycles. The highest BCUT2D eigenvalue weighted by Crippen LogP contribution is 2.30. The van der Waals surface area contributed by atoms with E-state index in [1.807, 2.05) is 12.1 Å². The number of ether oxygens (including phenoxy) is 2. The molecule has 38 heavy (non-hydrogen) atoms. The SMILES string of the molecule is CCCCC(CC)CN1CN(CC(CC)CCCC)CC(C)(NCCNCc2cccc(OC)c2OC)C1. The van der Waals surface area contributed by atoms with Gasteiger partial charge in [-0.1, -0.05) is 78.4 Å². The predicted molar refractivity (Wildman–Crippen MR) is 162 cm³/mol.